The third-order valence-electron chi connectivity index (χ3n) is 5.47. The fraction of sp³-hybridized carbons (Fsp3) is 0.167. The highest BCUT2D eigenvalue weighted by molar-refractivity contribution is 7.80. The Bertz CT molecular complexity index is 1170. The van der Waals surface area contributed by atoms with Gasteiger partial charge in [-0.1, -0.05) is 48.5 Å². The van der Waals surface area contributed by atoms with Gasteiger partial charge in [-0.25, -0.2) is 0 Å². The quantitative estimate of drug-likeness (QED) is 0.547. The predicted molar refractivity (Wildman–Crippen MR) is 123 cm³/mol. The van der Waals surface area contributed by atoms with Crippen LogP contribution in [0.4, 0.5) is 5.69 Å². The lowest BCUT2D eigenvalue weighted by Crippen LogP contribution is -2.45. The molecule has 3 aromatic rings. The Hall–Kier alpha value is -3.18. The van der Waals surface area contributed by atoms with Crippen molar-refractivity contribution in [3.8, 4) is 0 Å². The van der Waals surface area contributed by atoms with Crippen molar-refractivity contribution in [2.45, 2.75) is 26.8 Å². The summed E-state index contributed by atoms with van der Waals surface area (Å²) >= 11 is 5.37. The zero-order valence-electron chi connectivity index (χ0n) is 16.7. The van der Waals surface area contributed by atoms with Crippen molar-refractivity contribution in [1.82, 2.24) is 10.6 Å². The highest BCUT2D eigenvalue weighted by atomic mass is 32.1. The van der Waals surface area contributed by atoms with E-state index in [1.807, 2.05) is 57.2 Å². The Morgan fingerprint density at radius 2 is 1.72 bits per heavy atom. The number of hydrogen-bond donors (Lipinski definition) is 3. The summed E-state index contributed by atoms with van der Waals surface area (Å²) in [6.07, 6.45) is 0. The first kappa shape index (κ1) is 19.2. The van der Waals surface area contributed by atoms with E-state index >= 15 is 0 Å². The first-order valence-electron chi connectivity index (χ1n) is 9.58. The van der Waals surface area contributed by atoms with E-state index < -0.39 is 0 Å². The van der Waals surface area contributed by atoms with Gasteiger partial charge in [0, 0.05) is 11.4 Å². The van der Waals surface area contributed by atoms with Gasteiger partial charge in [0.15, 0.2) is 5.11 Å². The van der Waals surface area contributed by atoms with Crippen molar-refractivity contribution >= 4 is 39.7 Å². The molecule has 1 amide bonds. The number of rotatable bonds is 3. The molecule has 29 heavy (non-hydrogen) atoms. The number of carbonyl (C=O) groups excluding carboxylic acids is 1. The molecule has 1 aliphatic heterocycles. The Balaban J connectivity index is 1.73. The van der Waals surface area contributed by atoms with Crippen LogP contribution in [0.2, 0.25) is 0 Å². The second-order valence-corrected chi connectivity index (χ2v) is 7.79. The number of amides is 1. The lowest BCUT2D eigenvalue weighted by Gasteiger charge is -2.30. The zero-order valence-corrected chi connectivity index (χ0v) is 17.5. The molecule has 1 aliphatic rings. The number of hydrogen-bond acceptors (Lipinski definition) is 2. The van der Waals surface area contributed by atoms with Crippen LogP contribution >= 0.6 is 12.2 Å². The van der Waals surface area contributed by atoms with Gasteiger partial charge in [0.1, 0.15) is 0 Å². The van der Waals surface area contributed by atoms with Crippen molar-refractivity contribution in [3.05, 3.63) is 88.6 Å². The number of fused-ring (bicyclic) bond motifs is 1. The third-order valence-corrected chi connectivity index (χ3v) is 5.69. The molecule has 0 saturated carbocycles. The summed E-state index contributed by atoms with van der Waals surface area (Å²) in [6.45, 7) is 5.94. The maximum absolute atomic E-state index is 13.3. The molecule has 4 rings (SSSR count). The Labute approximate surface area is 176 Å². The lowest BCUT2D eigenvalue weighted by atomic mass is 9.93. The number of anilines is 1. The van der Waals surface area contributed by atoms with Gasteiger partial charge in [0.2, 0.25) is 0 Å². The molecule has 0 aromatic heterocycles. The van der Waals surface area contributed by atoms with Gasteiger partial charge in [-0.2, -0.15) is 0 Å². The molecule has 0 unspecified atom stereocenters. The van der Waals surface area contributed by atoms with Gasteiger partial charge >= 0.3 is 0 Å². The van der Waals surface area contributed by atoms with Crippen molar-refractivity contribution < 1.29 is 4.79 Å². The van der Waals surface area contributed by atoms with Crippen LogP contribution in [0.25, 0.3) is 10.8 Å². The molecule has 146 valence electrons. The minimum atomic E-state index is -0.321. The van der Waals surface area contributed by atoms with Crippen molar-refractivity contribution in [1.29, 1.82) is 0 Å². The molecule has 0 bridgehead atoms. The Morgan fingerprint density at radius 3 is 2.52 bits per heavy atom. The first-order chi connectivity index (χ1) is 13.9. The van der Waals surface area contributed by atoms with Gasteiger partial charge in [0.05, 0.1) is 11.6 Å². The molecular weight excluding hydrogens is 378 g/mol. The van der Waals surface area contributed by atoms with E-state index in [0.29, 0.717) is 10.7 Å². The molecular formula is C24H23N3OS. The largest absolute Gasteiger partial charge is 0.351 e. The van der Waals surface area contributed by atoms with Crippen LogP contribution in [0.3, 0.4) is 0 Å². The average Bonchev–Trinajstić information content (AvgIpc) is 2.70. The van der Waals surface area contributed by atoms with E-state index in [-0.39, 0.29) is 11.9 Å². The van der Waals surface area contributed by atoms with Gasteiger partial charge < -0.3 is 16.0 Å². The van der Waals surface area contributed by atoms with E-state index in [1.54, 1.807) is 0 Å². The number of allylic oxidation sites excluding steroid dienone is 1. The SMILES string of the molecule is CC1=C(C(=O)Nc2cccc(C)c2C)[C@H](c2ccc3ccccc3c2)NC(=S)N1. The fourth-order valence-corrected chi connectivity index (χ4v) is 3.98. The molecule has 3 N–H and O–H groups in total. The molecule has 0 fully saturated rings. The van der Waals surface area contributed by atoms with Crippen molar-refractivity contribution in [3.63, 3.8) is 0 Å². The van der Waals surface area contributed by atoms with Gasteiger partial charge in [0.25, 0.3) is 5.91 Å². The molecule has 0 saturated heterocycles. The molecule has 1 atom stereocenters. The van der Waals surface area contributed by atoms with Crippen LogP contribution in [-0.4, -0.2) is 11.0 Å². The van der Waals surface area contributed by atoms with Gasteiger partial charge in [-0.3, -0.25) is 4.79 Å². The van der Waals surface area contributed by atoms with E-state index in [2.05, 4.69) is 40.2 Å². The monoisotopic (exact) mass is 401 g/mol. The van der Waals surface area contributed by atoms with E-state index in [1.165, 1.54) is 0 Å². The van der Waals surface area contributed by atoms with Crippen molar-refractivity contribution in [2.24, 2.45) is 0 Å². The van der Waals surface area contributed by atoms with Crippen LogP contribution in [-0.2, 0) is 4.79 Å². The van der Waals surface area contributed by atoms with Crippen LogP contribution in [0, 0.1) is 13.8 Å². The Kier molecular flexibility index (Phi) is 5.07. The minimum Gasteiger partial charge on any atom is -0.351 e. The summed E-state index contributed by atoms with van der Waals surface area (Å²) in [5.74, 6) is -0.142. The van der Waals surface area contributed by atoms with Crippen LogP contribution < -0.4 is 16.0 Å². The summed E-state index contributed by atoms with van der Waals surface area (Å²) < 4.78 is 0. The molecule has 1 heterocycles. The normalized spacial score (nSPS) is 16.4. The maximum atomic E-state index is 13.3. The summed E-state index contributed by atoms with van der Waals surface area (Å²) in [5, 5.41) is 12.3. The lowest BCUT2D eigenvalue weighted by molar-refractivity contribution is -0.113. The standard InChI is InChI=1S/C24H23N3OS/c1-14-7-6-10-20(15(14)2)26-23(28)21-16(3)25-24(29)27-22(21)19-12-11-17-8-4-5-9-18(17)13-19/h4-13,22H,1-3H3,(H,26,28)(H2,25,27,29)/t22-/m0/s1. The molecule has 4 nitrogen and oxygen atoms in total. The summed E-state index contributed by atoms with van der Waals surface area (Å²) in [5.41, 5.74) is 5.41. The highest BCUT2D eigenvalue weighted by Crippen LogP contribution is 2.30. The third kappa shape index (κ3) is 3.74. The smallest absolute Gasteiger partial charge is 0.255 e. The number of carbonyl (C=O) groups is 1. The van der Waals surface area contributed by atoms with E-state index in [9.17, 15) is 4.79 Å². The molecule has 0 spiro atoms. The minimum absolute atomic E-state index is 0.142. The van der Waals surface area contributed by atoms with Crippen LogP contribution in [0.1, 0.15) is 29.7 Å². The number of aryl methyl sites for hydroxylation is 1. The fourth-order valence-electron chi connectivity index (χ4n) is 3.71. The first-order valence-corrected chi connectivity index (χ1v) is 9.99. The van der Waals surface area contributed by atoms with Gasteiger partial charge in [-0.15, -0.1) is 0 Å². The highest BCUT2D eigenvalue weighted by Gasteiger charge is 2.30. The molecule has 0 radical (unpaired) electrons. The number of nitrogens with one attached hydrogen (secondary N) is 3. The summed E-state index contributed by atoms with van der Waals surface area (Å²) in [6, 6.07) is 20.0. The van der Waals surface area contributed by atoms with Gasteiger partial charge in [-0.05, 0) is 72.6 Å². The second-order valence-electron chi connectivity index (χ2n) is 7.38. The second kappa shape index (κ2) is 7.68. The average molecular weight is 402 g/mol. The number of thiocarbonyl (C=S) groups is 1. The van der Waals surface area contributed by atoms with Crippen LogP contribution in [0.15, 0.2) is 71.9 Å². The molecule has 3 aromatic carbocycles. The zero-order chi connectivity index (χ0) is 20.5. The van der Waals surface area contributed by atoms with Crippen LogP contribution in [0.5, 0.6) is 0 Å². The summed E-state index contributed by atoms with van der Waals surface area (Å²) in [7, 11) is 0. The Morgan fingerprint density at radius 1 is 0.966 bits per heavy atom. The van der Waals surface area contributed by atoms with E-state index in [0.717, 1.165) is 38.8 Å². The predicted octanol–water partition coefficient (Wildman–Crippen LogP) is 4.89. The summed E-state index contributed by atoms with van der Waals surface area (Å²) in [4.78, 5) is 13.3. The molecule has 0 aliphatic carbocycles. The number of benzene rings is 3. The molecule has 5 heteroatoms. The van der Waals surface area contributed by atoms with Crippen molar-refractivity contribution in [2.75, 3.05) is 5.32 Å². The van der Waals surface area contributed by atoms with E-state index in [4.69, 9.17) is 12.2 Å². The maximum Gasteiger partial charge on any atom is 0.255 e. The topological polar surface area (TPSA) is 53.2 Å².